The number of thioether (sulfide) groups is 1. The number of fused-ring (bicyclic) bond motifs is 1. The van der Waals surface area contributed by atoms with E-state index in [9.17, 15) is 13.2 Å². The molecule has 0 saturated heterocycles. The average Bonchev–Trinajstić information content (AvgIpc) is 2.37. The van der Waals surface area contributed by atoms with Crippen LogP contribution >= 0.6 is 11.8 Å². The Morgan fingerprint density at radius 3 is 2.95 bits per heavy atom. The second-order valence-electron chi connectivity index (χ2n) is 4.24. The molecule has 19 heavy (non-hydrogen) atoms. The van der Waals surface area contributed by atoms with Gasteiger partial charge in [-0.1, -0.05) is 30.3 Å². The molecule has 1 atom stereocenters. The predicted octanol–water partition coefficient (Wildman–Crippen LogP) is 1.65. The maximum Gasteiger partial charge on any atom is 0.251 e. The van der Waals surface area contributed by atoms with Crippen LogP contribution in [0.25, 0.3) is 0 Å². The zero-order valence-electron chi connectivity index (χ0n) is 10.3. The number of nitrogens with one attached hydrogen (secondary N) is 1. The van der Waals surface area contributed by atoms with Crippen LogP contribution in [0.1, 0.15) is 16.4 Å². The third-order valence-electron chi connectivity index (χ3n) is 2.82. The van der Waals surface area contributed by atoms with Gasteiger partial charge in [-0.2, -0.15) is 0 Å². The molecule has 0 aliphatic carbocycles. The molecule has 0 radical (unpaired) electrons. The Morgan fingerprint density at radius 2 is 2.21 bits per heavy atom. The van der Waals surface area contributed by atoms with E-state index in [1.54, 1.807) is 0 Å². The fourth-order valence-corrected chi connectivity index (χ4v) is 4.10. The molecule has 1 aromatic carbocycles. The van der Waals surface area contributed by atoms with E-state index >= 15 is 0 Å². The van der Waals surface area contributed by atoms with Crippen molar-refractivity contribution in [3.05, 3.63) is 48.0 Å². The van der Waals surface area contributed by atoms with Gasteiger partial charge in [0.15, 0.2) is 0 Å². The van der Waals surface area contributed by atoms with E-state index in [0.29, 0.717) is 0 Å². The summed E-state index contributed by atoms with van der Waals surface area (Å²) in [7, 11) is -3.61. The molecular formula is C13H15NO3S2. The van der Waals surface area contributed by atoms with Crippen LogP contribution in [0.2, 0.25) is 0 Å². The van der Waals surface area contributed by atoms with Crippen molar-refractivity contribution < 1.29 is 13.2 Å². The topological polar surface area (TPSA) is 63.2 Å². The summed E-state index contributed by atoms with van der Waals surface area (Å²) >= 11 is 1.47. The lowest BCUT2D eigenvalue weighted by Gasteiger charge is -2.23. The van der Waals surface area contributed by atoms with Gasteiger partial charge in [0.2, 0.25) is 10.0 Å². The predicted molar refractivity (Wildman–Crippen MR) is 77.5 cm³/mol. The number of aryl methyl sites for hydroxylation is 1. The Bertz CT molecular complexity index is 596. The molecule has 1 N–H and O–H groups in total. The fraction of sp³-hybridized carbons (Fsp3) is 0.308. The molecule has 6 heteroatoms. The van der Waals surface area contributed by atoms with Gasteiger partial charge in [0.1, 0.15) is 5.25 Å². The number of amides is 1. The molecule has 1 aromatic rings. The molecule has 1 aliphatic heterocycles. The second-order valence-corrected chi connectivity index (χ2v) is 7.22. The molecule has 0 bridgehead atoms. The first kappa shape index (κ1) is 14.1. The summed E-state index contributed by atoms with van der Waals surface area (Å²) < 4.78 is 25.3. The van der Waals surface area contributed by atoms with Gasteiger partial charge < -0.3 is 0 Å². The first-order valence-electron chi connectivity index (χ1n) is 5.88. The maximum atomic E-state index is 12.1. The van der Waals surface area contributed by atoms with Crippen LogP contribution in [0.3, 0.4) is 0 Å². The quantitative estimate of drug-likeness (QED) is 0.858. The lowest BCUT2D eigenvalue weighted by Crippen LogP contribution is -2.36. The Hall–Kier alpha value is -1.27. The number of hydrogen-bond donors (Lipinski definition) is 1. The summed E-state index contributed by atoms with van der Waals surface area (Å²) in [5, 5.41) is -0.454. The van der Waals surface area contributed by atoms with Crippen molar-refractivity contribution in [2.75, 3.05) is 11.5 Å². The first-order chi connectivity index (χ1) is 9.03. The van der Waals surface area contributed by atoms with Gasteiger partial charge in [-0.15, -0.1) is 18.3 Å². The van der Waals surface area contributed by atoms with E-state index in [-0.39, 0.29) is 5.75 Å². The largest absolute Gasteiger partial charge is 0.272 e. The number of benzene rings is 1. The maximum absolute atomic E-state index is 12.1. The summed E-state index contributed by atoms with van der Waals surface area (Å²) in [5.41, 5.74) is 2.02. The van der Waals surface area contributed by atoms with Gasteiger partial charge >= 0.3 is 0 Å². The Balaban J connectivity index is 2.20. The number of carbonyl (C=O) groups is 1. The van der Waals surface area contributed by atoms with Crippen LogP contribution in [0.4, 0.5) is 0 Å². The number of carbonyl (C=O) groups excluding carboxylic acids is 1. The zero-order valence-corrected chi connectivity index (χ0v) is 12.0. The minimum absolute atomic E-state index is 0.252. The Morgan fingerprint density at radius 1 is 1.47 bits per heavy atom. The van der Waals surface area contributed by atoms with Crippen molar-refractivity contribution in [2.24, 2.45) is 0 Å². The lowest BCUT2D eigenvalue weighted by molar-refractivity contribution is -0.118. The molecule has 1 amide bonds. The van der Waals surface area contributed by atoms with E-state index in [1.807, 2.05) is 24.3 Å². The summed E-state index contributed by atoms with van der Waals surface area (Å²) in [5.74, 6) is 0.0907. The smallest absolute Gasteiger partial charge is 0.251 e. The van der Waals surface area contributed by atoms with Crippen LogP contribution in [-0.4, -0.2) is 25.8 Å². The monoisotopic (exact) mass is 297 g/mol. The van der Waals surface area contributed by atoms with Gasteiger partial charge in [-0.05, 0) is 23.3 Å². The molecule has 4 nitrogen and oxygen atoms in total. The zero-order chi connectivity index (χ0) is 13.9. The summed E-state index contributed by atoms with van der Waals surface area (Å²) in [6.07, 6.45) is 2.17. The highest BCUT2D eigenvalue weighted by atomic mass is 32.2. The summed E-state index contributed by atoms with van der Waals surface area (Å²) in [4.78, 5) is 12.1. The number of hydrogen-bond acceptors (Lipinski definition) is 4. The van der Waals surface area contributed by atoms with E-state index in [2.05, 4.69) is 11.3 Å². The Kier molecular flexibility index (Phi) is 4.31. The van der Waals surface area contributed by atoms with Crippen molar-refractivity contribution in [1.82, 2.24) is 4.72 Å². The average molecular weight is 297 g/mol. The minimum atomic E-state index is -3.61. The number of rotatable bonds is 4. The highest BCUT2D eigenvalue weighted by molar-refractivity contribution is 8.00. The van der Waals surface area contributed by atoms with Gasteiger partial charge in [-0.25, -0.2) is 8.42 Å². The SMILES string of the molecule is C=CCS(=O)(=O)NC(=O)C1SCCc2ccccc21. The standard InChI is InChI=1S/C13H15NO3S2/c1-2-9-19(16,17)14-13(15)12-11-6-4-3-5-10(11)7-8-18-12/h2-6,12H,1,7-9H2,(H,14,15). The van der Waals surface area contributed by atoms with Crippen LogP contribution < -0.4 is 4.72 Å². The molecule has 1 heterocycles. The van der Waals surface area contributed by atoms with E-state index in [0.717, 1.165) is 23.3 Å². The van der Waals surface area contributed by atoms with E-state index < -0.39 is 21.2 Å². The van der Waals surface area contributed by atoms with Crippen LogP contribution in [0, 0.1) is 0 Å². The third-order valence-corrected chi connectivity index (χ3v) is 5.25. The highest BCUT2D eigenvalue weighted by Gasteiger charge is 2.29. The van der Waals surface area contributed by atoms with Crippen LogP contribution in [0.15, 0.2) is 36.9 Å². The van der Waals surface area contributed by atoms with E-state index in [1.165, 1.54) is 17.8 Å². The highest BCUT2D eigenvalue weighted by Crippen LogP contribution is 2.36. The molecule has 2 rings (SSSR count). The molecule has 0 saturated carbocycles. The van der Waals surface area contributed by atoms with Gasteiger partial charge in [-0.3, -0.25) is 9.52 Å². The van der Waals surface area contributed by atoms with Crippen molar-refractivity contribution in [3.63, 3.8) is 0 Å². The van der Waals surface area contributed by atoms with Crippen molar-refractivity contribution in [3.8, 4) is 0 Å². The lowest BCUT2D eigenvalue weighted by atomic mass is 10.0. The normalized spacial score (nSPS) is 18.4. The van der Waals surface area contributed by atoms with Gasteiger partial charge in [0.25, 0.3) is 5.91 Å². The molecule has 0 aromatic heterocycles. The van der Waals surface area contributed by atoms with E-state index in [4.69, 9.17) is 0 Å². The number of sulfonamides is 1. The minimum Gasteiger partial charge on any atom is -0.272 e. The molecular weight excluding hydrogens is 282 g/mol. The molecule has 1 unspecified atom stereocenters. The first-order valence-corrected chi connectivity index (χ1v) is 8.58. The summed E-state index contributed by atoms with van der Waals surface area (Å²) in [6, 6.07) is 7.65. The Labute approximate surface area is 117 Å². The molecule has 102 valence electrons. The van der Waals surface area contributed by atoms with Gasteiger partial charge in [0.05, 0.1) is 5.75 Å². The summed E-state index contributed by atoms with van der Waals surface area (Å²) in [6.45, 7) is 3.37. The van der Waals surface area contributed by atoms with Crippen molar-refractivity contribution in [1.29, 1.82) is 0 Å². The van der Waals surface area contributed by atoms with Crippen LogP contribution in [-0.2, 0) is 21.2 Å². The van der Waals surface area contributed by atoms with Crippen molar-refractivity contribution in [2.45, 2.75) is 11.7 Å². The molecule has 0 fully saturated rings. The van der Waals surface area contributed by atoms with Crippen molar-refractivity contribution >= 4 is 27.7 Å². The van der Waals surface area contributed by atoms with Crippen LogP contribution in [0.5, 0.6) is 0 Å². The molecule has 0 spiro atoms. The fourth-order valence-electron chi connectivity index (χ4n) is 2.01. The van der Waals surface area contributed by atoms with Gasteiger partial charge in [0, 0.05) is 0 Å². The molecule has 1 aliphatic rings. The second kappa shape index (κ2) is 5.79. The third kappa shape index (κ3) is 3.39.